The van der Waals surface area contributed by atoms with E-state index in [-0.39, 0.29) is 12.5 Å². The van der Waals surface area contributed by atoms with Crippen molar-refractivity contribution in [3.63, 3.8) is 0 Å². The third-order valence-corrected chi connectivity index (χ3v) is 4.44. The number of carbonyl (C=O) groups is 1. The summed E-state index contributed by atoms with van der Waals surface area (Å²) < 4.78 is 0. The first-order chi connectivity index (χ1) is 11.7. The highest BCUT2D eigenvalue weighted by Gasteiger charge is 2.15. The molecule has 5 nitrogen and oxygen atoms in total. The lowest BCUT2D eigenvalue weighted by molar-refractivity contribution is -0.120. The Morgan fingerprint density at radius 1 is 1.25 bits per heavy atom. The normalized spacial score (nSPS) is 15.8. The molecule has 0 spiro atoms. The van der Waals surface area contributed by atoms with Crippen LogP contribution in [0, 0.1) is 0 Å². The van der Waals surface area contributed by atoms with Gasteiger partial charge < -0.3 is 16.0 Å². The second-order valence-electron chi connectivity index (χ2n) is 6.13. The van der Waals surface area contributed by atoms with E-state index in [1.54, 1.807) is 7.05 Å². The van der Waals surface area contributed by atoms with E-state index in [0.29, 0.717) is 12.0 Å². The van der Waals surface area contributed by atoms with Gasteiger partial charge in [0.25, 0.3) is 0 Å². The summed E-state index contributed by atoms with van der Waals surface area (Å²) in [4.78, 5) is 16.1. The number of benzene rings is 1. The number of nitrogens with one attached hydrogen (secondary N) is 3. The van der Waals surface area contributed by atoms with Crippen LogP contribution in [0.5, 0.6) is 0 Å². The molecule has 2 rings (SSSR count). The van der Waals surface area contributed by atoms with Gasteiger partial charge in [0.05, 0.1) is 6.54 Å². The first-order valence-corrected chi connectivity index (χ1v) is 9.03. The van der Waals surface area contributed by atoms with Crippen molar-refractivity contribution in [1.82, 2.24) is 16.0 Å². The van der Waals surface area contributed by atoms with Crippen LogP contribution in [0.4, 0.5) is 0 Å². The number of rotatable bonds is 6. The molecule has 3 N–H and O–H groups in total. The van der Waals surface area contributed by atoms with Crippen molar-refractivity contribution in [2.75, 3.05) is 20.1 Å². The Balaban J connectivity index is 1.65. The van der Waals surface area contributed by atoms with Gasteiger partial charge in [-0.2, -0.15) is 0 Å². The van der Waals surface area contributed by atoms with Gasteiger partial charge in [-0.1, -0.05) is 43.0 Å². The SMILES string of the molecule is CN=C(NCCc1cccc(Cl)c1)NCC(=O)NC1CCCCC1. The van der Waals surface area contributed by atoms with E-state index in [1.165, 1.54) is 24.8 Å². The second kappa shape index (κ2) is 10.2. The highest BCUT2D eigenvalue weighted by atomic mass is 35.5. The summed E-state index contributed by atoms with van der Waals surface area (Å²) >= 11 is 5.98. The fourth-order valence-corrected chi connectivity index (χ4v) is 3.14. The number of halogens is 1. The van der Waals surface area contributed by atoms with Crippen LogP contribution in [-0.2, 0) is 11.2 Å². The standard InChI is InChI=1S/C18H27ClN4O/c1-20-18(21-11-10-14-6-5-7-15(19)12-14)22-13-17(24)23-16-8-3-2-4-9-16/h5-7,12,16H,2-4,8-11,13H2,1H3,(H,23,24)(H2,20,21,22). The van der Waals surface area contributed by atoms with E-state index >= 15 is 0 Å². The molecule has 24 heavy (non-hydrogen) atoms. The quantitative estimate of drug-likeness (QED) is 0.545. The maximum Gasteiger partial charge on any atom is 0.239 e. The first-order valence-electron chi connectivity index (χ1n) is 8.65. The van der Waals surface area contributed by atoms with E-state index in [0.717, 1.165) is 30.8 Å². The summed E-state index contributed by atoms with van der Waals surface area (Å²) in [5.74, 6) is 0.663. The number of hydrogen-bond acceptors (Lipinski definition) is 2. The molecule has 0 atom stereocenters. The second-order valence-corrected chi connectivity index (χ2v) is 6.57. The molecule has 1 fully saturated rings. The number of nitrogens with zero attached hydrogens (tertiary/aromatic N) is 1. The van der Waals surface area contributed by atoms with Gasteiger partial charge in [-0.3, -0.25) is 9.79 Å². The van der Waals surface area contributed by atoms with Crippen molar-refractivity contribution in [2.24, 2.45) is 4.99 Å². The minimum absolute atomic E-state index is 0.0275. The lowest BCUT2D eigenvalue weighted by atomic mass is 9.95. The number of hydrogen-bond donors (Lipinski definition) is 3. The predicted octanol–water partition coefficient (Wildman–Crippen LogP) is 2.50. The molecular weight excluding hydrogens is 324 g/mol. The minimum Gasteiger partial charge on any atom is -0.356 e. The van der Waals surface area contributed by atoms with Gasteiger partial charge in [-0.15, -0.1) is 0 Å². The predicted molar refractivity (Wildman–Crippen MR) is 99.5 cm³/mol. The highest BCUT2D eigenvalue weighted by Crippen LogP contribution is 2.17. The molecule has 132 valence electrons. The number of amides is 1. The number of guanidine groups is 1. The topological polar surface area (TPSA) is 65.5 Å². The number of aliphatic imine (C=N–C) groups is 1. The lowest BCUT2D eigenvalue weighted by Gasteiger charge is -2.23. The van der Waals surface area contributed by atoms with Gasteiger partial charge in [0, 0.05) is 24.7 Å². The molecule has 6 heteroatoms. The van der Waals surface area contributed by atoms with Crippen LogP contribution < -0.4 is 16.0 Å². The number of carbonyl (C=O) groups excluding carboxylic acids is 1. The van der Waals surface area contributed by atoms with Crippen molar-refractivity contribution in [3.05, 3.63) is 34.9 Å². The largest absolute Gasteiger partial charge is 0.356 e. The van der Waals surface area contributed by atoms with Crippen LogP contribution >= 0.6 is 11.6 Å². The molecule has 0 saturated heterocycles. The molecule has 0 unspecified atom stereocenters. The van der Waals surface area contributed by atoms with E-state index < -0.39 is 0 Å². The summed E-state index contributed by atoms with van der Waals surface area (Å²) in [5, 5.41) is 10.1. The molecule has 0 heterocycles. The van der Waals surface area contributed by atoms with Gasteiger partial charge in [-0.05, 0) is 37.0 Å². The molecular formula is C18H27ClN4O. The summed E-state index contributed by atoms with van der Waals surface area (Å²) in [6.07, 6.45) is 6.75. The average Bonchev–Trinajstić information content (AvgIpc) is 2.59. The van der Waals surface area contributed by atoms with Crippen LogP contribution in [0.1, 0.15) is 37.7 Å². The van der Waals surface area contributed by atoms with Crippen molar-refractivity contribution in [1.29, 1.82) is 0 Å². The lowest BCUT2D eigenvalue weighted by Crippen LogP contribution is -2.46. The fraction of sp³-hybridized carbons (Fsp3) is 0.556. The third-order valence-electron chi connectivity index (χ3n) is 4.21. The van der Waals surface area contributed by atoms with Crippen LogP contribution in [0.3, 0.4) is 0 Å². The Labute approximate surface area is 149 Å². The molecule has 0 aromatic heterocycles. The van der Waals surface area contributed by atoms with Crippen molar-refractivity contribution in [2.45, 2.75) is 44.6 Å². The summed E-state index contributed by atoms with van der Waals surface area (Å²) in [5.41, 5.74) is 1.17. The molecule has 1 aromatic rings. The van der Waals surface area contributed by atoms with E-state index in [4.69, 9.17) is 11.6 Å². The zero-order valence-corrected chi connectivity index (χ0v) is 15.0. The molecule has 1 aliphatic rings. The van der Waals surface area contributed by atoms with Gasteiger partial charge in [0.15, 0.2) is 5.96 Å². The van der Waals surface area contributed by atoms with Crippen LogP contribution in [-0.4, -0.2) is 38.0 Å². The molecule has 0 radical (unpaired) electrons. The van der Waals surface area contributed by atoms with Crippen molar-refractivity contribution in [3.8, 4) is 0 Å². The molecule has 1 aliphatic carbocycles. The van der Waals surface area contributed by atoms with Crippen LogP contribution in [0.25, 0.3) is 0 Å². The molecule has 0 bridgehead atoms. The minimum atomic E-state index is 0.0275. The van der Waals surface area contributed by atoms with E-state index in [1.807, 2.05) is 24.3 Å². The Morgan fingerprint density at radius 2 is 2.04 bits per heavy atom. The van der Waals surface area contributed by atoms with Gasteiger partial charge in [0.1, 0.15) is 0 Å². The maximum absolute atomic E-state index is 12.0. The average molecular weight is 351 g/mol. The fourth-order valence-electron chi connectivity index (χ4n) is 2.93. The Morgan fingerprint density at radius 3 is 2.75 bits per heavy atom. The van der Waals surface area contributed by atoms with Gasteiger partial charge in [0.2, 0.25) is 5.91 Å². The summed E-state index contributed by atoms with van der Waals surface area (Å²) in [6, 6.07) is 8.15. The molecule has 1 amide bonds. The monoisotopic (exact) mass is 350 g/mol. The van der Waals surface area contributed by atoms with Crippen LogP contribution in [0.15, 0.2) is 29.3 Å². The zero-order chi connectivity index (χ0) is 17.2. The Kier molecular flexibility index (Phi) is 7.89. The zero-order valence-electron chi connectivity index (χ0n) is 14.3. The van der Waals surface area contributed by atoms with Crippen molar-refractivity contribution < 1.29 is 4.79 Å². The molecule has 1 aromatic carbocycles. The Bertz CT molecular complexity index is 556. The van der Waals surface area contributed by atoms with E-state index in [2.05, 4.69) is 20.9 Å². The van der Waals surface area contributed by atoms with Crippen LogP contribution in [0.2, 0.25) is 5.02 Å². The van der Waals surface area contributed by atoms with E-state index in [9.17, 15) is 4.79 Å². The summed E-state index contributed by atoms with van der Waals surface area (Å²) in [6.45, 7) is 0.970. The highest BCUT2D eigenvalue weighted by molar-refractivity contribution is 6.30. The first kappa shape index (κ1) is 18.6. The maximum atomic E-state index is 12.0. The molecule has 1 saturated carbocycles. The van der Waals surface area contributed by atoms with Gasteiger partial charge >= 0.3 is 0 Å². The Hall–Kier alpha value is -1.75. The van der Waals surface area contributed by atoms with Gasteiger partial charge in [-0.25, -0.2) is 0 Å². The molecule has 0 aliphatic heterocycles. The summed E-state index contributed by atoms with van der Waals surface area (Å²) in [7, 11) is 1.70. The third kappa shape index (κ3) is 6.79. The van der Waals surface area contributed by atoms with Crippen molar-refractivity contribution >= 4 is 23.5 Å². The smallest absolute Gasteiger partial charge is 0.239 e.